The van der Waals surface area contributed by atoms with Crippen molar-refractivity contribution >= 4 is 28.7 Å². The van der Waals surface area contributed by atoms with E-state index in [9.17, 15) is 19.5 Å². The molecule has 7 fully saturated rings. The Balaban J connectivity index is 1.05. The molecular weight excluding hydrogens is 626 g/mol. The van der Waals surface area contributed by atoms with Gasteiger partial charge in [-0.25, -0.2) is 9.97 Å². The van der Waals surface area contributed by atoms with Crippen molar-refractivity contribution in [1.29, 1.82) is 0 Å². The molecule has 2 bridgehead atoms. The van der Waals surface area contributed by atoms with E-state index in [4.69, 9.17) is 14.9 Å². The number of carbonyl (C=O) groups excluding carboxylic acids is 2. The summed E-state index contributed by atoms with van der Waals surface area (Å²) >= 11 is 0. The van der Waals surface area contributed by atoms with Gasteiger partial charge in [-0.05, 0) is 69.6 Å². The minimum absolute atomic E-state index is 0.00140. The summed E-state index contributed by atoms with van der Waals surface area (Å²) in [6.45, 7) is 10.6. The minimum atomic E-state index is -0.330. The summed E-state index contributed by atoms with van der Waals surface area (Å²) in [7, 11) is 0. The van der Waals surface area contributed by atoms with Gasteiger partial charge < -0.3 is 29.5 Å². The smallest absolute Gasteiger partial charge is 0.276 e. The summed E-state index contributed by atoms with van der Waals surface area (Å²) < 4.78 is 7.41. The third-order valence-corrected chi connectivity index (χ3v) is 13.1. The zero-order chi connectivity index (χ0) is 34.0. The van der Waals surface area contributed by atoms with Gasteiger partial charge in [0.1, 0.15) is 18.6 Å². The molecule has 0 radical (unpaired) electrons. The highest BCUT2D eigenvalue weighted by molar-refractivity contribution is 5.95. The van der Waals surface area contributed by atoms with Crippen LogP contribution in [-0.2, 0) is 22.5 Å². The van der Waals surface area contributed by atoms with Crippen molar-refractivity contribution in [3.63, 3.8) is 0 Å². The first-order valence-corrected chi connectivity index (χ1v) is 18.0. The van der Waals surface area contributed by atoms with Gasteiger partial charge in [0.05, 0.1) is 31.0 Å². The molecule has 10 rings (SSSR count). The number of aromatic nitrogens is 6. The molecule has 7 aliphatic rings. The summed E-state index contributed by atoms with van der Waals surface area (Å²) in [5, 5.41) is 23.7. The number of piperazine rings is 1. The summed E-state index contributed by atoms with van der Waals surface area (Å²) in [5.41, 5.74) is 2.69. The van der Waals surface area contributed by atoms with Crippen LogP contribution in [0.5, 0.6) is 5.75 Å². The molecule has 260 valence electrons. The van der Waals surface area contributed by atoms with Crippen molar-refractivity contribution in [2.45, 2.75) is 109 Å². The molecule has 14 nitrogen and oxygen atoms in total. The lowest BCUT2D eigenvalue weighted by Gasteiger charge is -2.72. The number of pyridine rings is 1. The first-order valence-electron chi connectivity index (χ1n) is 18.0. The van der Waals surface area contributed by atoms with Gasteiger partial charge in [0.2, 0.25) is 11.3 Å². The average Bonchev–Trinajstić information content (AvgIpc) is 3.40. The van der Waals surface area contributed by atoms with Crippen molar-refractivity contribution in [1.82, 2.24) is 39.7 Å². The zero-order valence-corrected chi connectivity index (χ0v) is 28.7. The van der Waals surface area contributed by atoms with Crippen molar-refractivity contribution in [2.24, 2.45) is 16.7 Å². The molecular formula is C35H45N9O5. The molecule has 3 aromatic heterocycles. The summed E-state index contributed by atoms with van der Waals surface area (Å²) in [6.07, 6.45) is 8.31. The van der Waals surface area contributed by atoms with Gasteiger partial charge >= 0.3 is 0 Å². The lowest BCUT2D eigenvalue weighted by molar-refractivity contribution is -0.187. The number of anilines is 1. The van der Waals surface area contributed by atoms with E-state index in [0.29, 0.717) is 47.9 Å². The van der Waals surface area contributed by atoms with Gasteiger partial charge in [0.25, 0.3) is 5.91 Å². The number of fused-ring (bicyclic) bond motifs is 2. The third-order valence-electron chi connectivity index (χ3n) is 13.1. The van der Waals surface area contributed by atoms with E-state index in [-0.39, 0.29) is 69.8 Å². The molecule has 2 N–H and O–H groups in total. The molecule has 5 aliphatic carbocycles. The van der Waals surface area contributed by atoms with Crippen LogP contribution in [0.2, 0.25) is 0 Å². The molecule has 3 aromatic rings. The van der Waals surface area contributed by atoms with Crippen molar-refractivity contribution < 1.29 is 19.4 Å². The van der Waals surface area contributed by atoms with Crippen LogP contribution in [0.3, 0.4) is 0 Å². The number of aromatic hydroxyl groups is 1. The number of ether oxygens (including phenoxy) is 1. The number of rotatable bonds is 8. The Morgan fingerprint density at radius 3 is 2.45 bits per heavy atom. The van der Waals surface area contributed by atoms with Crippen LogP contribution >= 0.6 is 0 Å². The number of nitrogens with zero attached hydrogens (tertiary/aromatic N) is 8. The Bertz CT molecular complexity index is 1940. The fraction of sp³-hybridized carbons (Fsp3) is 0.686. The second kappa shape index (κ2) is 10.5. The maximum atomic E-state index is 14.5. The van der Waals surface area contributed by atoms with E-state index in [0.717, 1.165) is 63.9 Å². The molecule has 2 atom stereocenters. The summed E-state index contributed by atoms with van der Waals surface area (Å²) in [6, 6.07) is -0.142. The lowest BCUT2D eigenvalue weighted by Crippen LogP contribution is -2.76. The number of carbonyl (C=O) groups is 2. The molecule has 2 saturated heterocycles. The number of aryl methyl sites for hydroxylation is 1. The molecule has 2 amide bonds. The standard InChI is InChI=1S/C35H45N9O5/c1-5-22-28(41-8-9-42(24-7-6-23(24)41)32(48)27-29(46)20(4)36-18-37-27)30(47)26-31(40-44(39-26)21-10-33(11-21)16-49-17-33)43(22)12-25(45)38-35-13-34(14-35,15-35)19(2)3/h18-19,21,23-24,46H,5-17H2,1-4H3,(H,38,45)/t23-,24-,34?,35?/m0/s1. The largest absolute Gasteiger partial charge is 0.504 e. The molecule has 49 heavy (non-hydrogen) atoms. The van der Waals surface area contributed by atoms with Crippen LogP contribution in [0.1, 0.15) is 93.6 Å². The molecule has 0 aromatic carbocycles. The maximum absolute atomic E-state index is 14.5. The number of nitrogens with one attached hydrogen (secondary N) is 1. The molecule has 1 spiro atoms. The van der Waals surface area contributed by atoms with E-state index < -0.39 is 0 Å². The fourth-order valence-corrected chi connectivity index (χ4v) is 9.98. The molecule has 5 saturated carbocycles. The molecule has 0 unspecified atom stereocenters. The molecule has 14 heteroatoms. The van der Waals surface area contributed by atoms with Crippen LogP contribution in [0.4, 0.5) is 5.69 Å². The highest BCUT2D eigenvalue weighted by atomic mass is 16.5. The Labute approximate surface area is 284 Å². The quantitative estimate of drug-likeness (QED) is 0.364. The van der Waals surface area contributed by atoms with Crippen molar-refractivity contribution in [3.05, 3.63) is 33.6 Å². The highest BCUT2D eigenvalue weighted by Gasteiger charge is 2.69. The van der Waals surface area contributed by atoms with Gasteiger partial charge in [0, 0.05) is 35.8 Å². The number of amides is 2. The second-order valence-electron chi connectivity index (χ2n) is 16.2. The first kappa shape index (κ1) is 30.9. The minimum Gasteiger partial charge on any atom is -0.504 e. The predicted molar refractivity (Wildman–Crippen MR) is 178 cm³/mol. The number of hydrogen-bond donors (Lipinski definition) is 2. The van der Waals surface area contributed by atoms with Gasteiger partial charge in [0.15, 0.2) is 22.6 Å². The Hall–Kier alpha value is -4.07. The third kappa shape index (κ3) is 4.37. The molecule has 2 aliphatic heterocycles. The summed E-state index contributed by atoms with van der Waals surface area (Å²) in [4.78, 5) is 55.7. The van der Waals surface area contributed by atoms with Crippen LogP contribution in [-0.4, -0.2) is 95.3 Å². The van der Waals surface area contributed by atoms with E-state index in [2.05, 4.69) is 34.0 Å². The normalized spacial score (nSPS) is 29.5. The summed E-state index contributed by atoms with van der Waals surface area (Å²) in [5.74, 6) is 0.00855. The van der Waals surface area contributed by atoms with E-state index in [1.165, 1.54) is 6.33 Å². The topological polar surface area (TPSA) is 161 Å². The van der Waals surface area contributed by atoms with Crippen LogP contribution in [0.15, 0.2) is 11.1 Å². The monoisotopic (exact) mass is 671 g/mol. The zero-order valence-electron chi connectivity index (χ0n) is 28.7. The fourth-order valence-electron chi connectivity index (χ4n) is 9.98. The Morgan fingerprint density at radius 2 is 1.82 bits per heavy atom. The van der Waals surface area contributed by atoms with Crippen LogP contribution in [0.25, 0.3) is 11.2 Å². The molecule has 5 heterocycles. The SMILES string of the molecule is CCc1c(N2CCN(C(=O)c3ncnc(C)c3O)[C@H]3CC[C@@H]32)c(=O)c2nn(C3CC4(COC4)C3)nc2n1CC(=O)NC12CC(C(C)C)(C1)C2. The van der Waals surface area contributed by atoms with Crippen LogP contribution in [0, 0.1) is 23.7 Å². The number of hydrogen-bond acceptors (Lipinski definition) is 10. The van der Waals surface area contributed by atoms with Gasteiger partial charge in [-0.1, -0.05) is 20.8 Å². The Morgan fingerprint density at radius 1 is 1.08 bits per heavy atom. The maximum Gasteiger partial charge on any atom is 0.276 e. The van der Waals surface area contributed by atoms with Crippen molar-refractivity contribution in [2.75, 3.05) is 31.2 Å². The van der Waals surface area contributed by atoms with E-state index >= 15 is 0 Å². The van der Waals surface area contributed by atoms with Gasteiger partial charge in [-0.3, -0.25) is 14.4 Å². The van der Waals surface area contributed by atoms with Crippen LogP contribution < -0.4 is 15.6 Å². The van der Waals surface area contributed by atoms with Crippen molar-refractivity contribution in [3.8, 4) is 5.75 Å². The first-order chi connectivity index (χ1) is 23.5. The highest BCUT2D eigenvalue weighted by Crippen LogP contribution is 2.70. The average molecular weight is 672 g/mol. The Kier molecular flexibility index (Phi) is 6.61. The predicted octanol–water partition coefficient (Wildman–Crippen LogP) is 2.50. The lowest BCUT2D eigenvalue weighted by atomic mass is 9.36. The van der Waals surface area contributed by atoms with E-state index in [1.807, 2.05) is 11.5 Å². The second-order valence-corrected chi connectivity index (χ2v) is 16.2. The van der Waals surface area contributed by atoms with Gasteiger partial charge in [-0.2, -0.15) is 4.80 Å². The van der Waals surface area contributed by atoms with E-state index in [1.54, 1.807) is 16.6 Å². The van der Waals surface area contributed by atoms with Gasteiger partial charge in [-0.15, -0.1) is 10.2 Å².